The molecule has 1 saturated heterocycles. The van der Waals surface area contributed by atoms with E-state index >= 15 is 0 Å². The van der Waals surface area contributed by atoms with Gasteiger partial charge in [-0.15, -0.1) is 0 Å². The number of sulfonamides is 1. The second-order valence-corrected chi connectivity index (χ2v) is 9.98. The Morgan fingerprint density at radius 1 is 1.00 bits per heavy atom. The van der Waals surface area contributed by atoms with Crippen LogP contribution in [0.4, 0.5) is 0 Å². The van der Waals surface area contributed by atoms with E-state index in [0.29, 0.717) is 23.9 Å². The van der Waals surface area contributed by atoms with E-state index < -0.39 is 10.0 Å². The second kappa shape index (κ2) is 8.35. The Balaban J connectivity index is 1.63. The normalized spacial score (nSPS) is 16.8. The first-order chi connectivity index (χ1) is 13.2. The number of rotatable bonds is 6. The van der Waals surface area contributed by atoms with Gasteiger partial charge in [0.15, 0.2) is 0 Å². The Morgan fingerprint density at radius 3 is 2.18 bits per heavy atom. The number of hydrogen-bond donors (Lipinski definition) is 0. The van der Waals surface area contributed by atoms with Crippen molar-refractivity contribution in [3.63, 3.8) is 0 Å². The van der Waals surface area contributed by atoms with Crippen LogP contribution in [0.15, 0.2) is 29.4 Å². The summed E-state index contributed by atoms with van der Waals surface area (Å²) in [6.07, 6.45) is 3.88. The zero-order valence-electron chi connectivity index (χ0n) is 17.6. The third-order valence-corrected chi connectivity index (χ3v) is 7.66. The van der Waals surface area contributed by atoms with Crippen LogP contribution in [0.2, 0.25) is 0 Å². The van der Waals surface area contributed by atoms with Gasteiger partial charge in [-0.05, 0) is 31.9 Å². The summed E-state index contributed by atoms with van der Waals surface area (Å²) >= 11 is 0. The largest absolute Gasteiger partial charge is 0.333 e. The monoisotopic (exact) mass is 404 g/mol. The van der Waals surface area contributed by atoms with Crippen molar-refractivity contribution in [1.82, 2.24) is 18.8 Å². The number of aromatic nitrogens is 2. The molecule has 2 aromatic rings. The van der Waals surface area contributed by atoms with Gasteiger partial charge in [0.05, 0.1) is 4.90 Å². The molecular formula is C21H32N4O2S. The zero-order valence-corrected chi connectivity index (χ0v) is 18.5. The lowest BCUT2D eigenvalue weighted by Gasteiger charge is -2.34. The van der Waals surface area contributed by atoms with Gasteiger partial charge in [0.2, 0.25) is 10.0 Å². The molecule has 1 fully saturated rings. The molecule has 1 aliphatic rings. The molecule has 0 spiro atoms. The molecule has 1 aromatic carbocycles. The van der Waals surface area contributed by atoms with Gasteiger partial charge < -0.3 is 4.57 Å². The topological polar surface area (TPSA) is 58.4 Å². The molecule has 0 saturated carbocycles. The van der Waals surface area contributed by atoms with E-state index in [1.807, 2.05) is 45.3 Å². The van der Waals surface area contributed by atoms with Crippen molar-refractivity contribution in [2.24, 2.45) is 0 Å². The van der Waals surface area contributed by atoms with Crippen molar-refractivity contribution in [2.45, 2.75) is 52.0 Å². The molecule has 6 nitrogen and oxygen atoms in total. The fourth-order valence-electron chi connectivity index (χ4n) is 4.16. The molecule has 0 bridgehead atoms. The summed E-state index contributed by atoms with van der Waals surface area (Å²) in [7, 11) is -3.45. The summed E-state index contributed by atoms with van der Waals surface area (Å²) < 4.78 is 30.3. The fourth-order valence-corrected chi connectivity index (χ4v) is 5.99. The lowest BCUT2D eigenvalue weighted by Crippen LogP contribution is -2.49. The first kappa shape index (κ1) is 21.0. The van der Waals surface area contributed by atoms with Crippen LogP contribution in [-0.2, 0) is 16.6 Å². The highest BCUT2D eigenvalue weighted by Gasteiger charge is 2.30. The minimum absolute atomic E-state index is 0.401. The second-order valence-electron chi connectivity index (χ2n) is 8.11. The Labute approximate surface area is 169 Å². The maximum absolute atomic E-state index is 13.2. The number of piperazine rings is 1. The maximum atomic E-state index is 13.2. The number of aryl methyl sites for hydroxylation is 3. The average molecular weight is 405 g/mol. The molecule has 1 aliphatic heterocycles. The van der Waals surface area contributed by atoms with Crippen LogP contribution in [0.3, 0.4) is 0 Å². The van der Waals surface area contributed by atoms with Crippen LogP contribution < -0.4 is 0 Å². The molecule has 0 radical (unpaired) electrons. The van der Waals surface area contributed by atoms with Crippen LogP contribution >= 0.6 is 0 Å². The highest BCUT2D eigenvalue weighted by atomic mass is 32.2. The van der Waals surface area contributed by atoms with Gasteiger partial charge in [-0.25, -0.2) is 13.4 Å². The SMILES string of the molecule is Cc1cc(C)c(S(=O)(=O)N2CCN(CCn3ccnc3C(C)C)CC2)c(C)c1. The van der Waals surface area contributed by atoms with Gasteiger partial charge in [0.1, 0.15) is 5.82 Å². The minimum Gasteiger partial charge on any atom is -0.333 e. The standard InChI is InChI=1S/C21H32N4O2S/c1-16(2)21-22-6-7-24(21)11-8-23-9-12-25(13-10-23)28(26,27)20-18(4)14-17(3)15-19(20)5/h6-7,14-16H,8-13H2,1-5H3. The summed E-state index contributed by atoms with van der Waals surface area (Å²) in [5.41, 5.74) is 2.77. The predicted octanol–water partition coefficient (Wildman–Crippen LogP) is 2.94. The van der Waals surface area contributed by atoms with Crippen LogP contribution in [0, 0.1) is 20.8 Å². The van der Waals surface area contributed by atoms with Crippen molar-refractivity contribution in [1.29, 1.82) is 0 Å². The summed E-state index contributed by atoms with van der Waals surface area (Å²) in [5.74, 6) is 1.50. The molecule has 0 atom stereocenters. The van der Waals surface area contributed by atoms with Crippen molar-refractivity contribution in [3.8, 4) is 0 Å². The Bertz CT molecular complexity index is 903. The van der Waals surface area contributed by atoms with E-state index in [9.17, 15) is 8.42 Å². The van der Waals surface area contributed by atoms with Crippen LogP contribution in [0.5, 0.6) is 0 Å². The maximum Gasteiger partial charge on any atom is 0.243 e. The van der Waals surface area contributed by atoms with E-state index in [-0.39, 0.29) is 0 Å². The van der Waals surface area contributed by atoms with Crippen molar-refractivity contribution < 1.29 is 8.42 Å². The van der Waals surface area contributed by atoms with Gasteiger partial charge in [-0.2, -0.15) is 4.31 Å². The Morgan fingerprint density at radius 2 is 1.61 bits per heavy atom. The highest BCUT2D eigenvalue weighted by molar-refractivity contribution is 7.89. The van der Waals surface area contributed by atoms with Crippen molar-refractivity contribution >= 4 is 10.0 Å². The lowest BCUT2D eigenvalue weighted by atomic mass is 10.1. The minimum atomic E-state index is -3.45. The highest BCUT2D eigenvalue weighted by Crippen LogP contribution is 2.26. The molecule has 3 rings (SSSR count). The van der Waals surface area contributed by atoms with Crippen molar-refractivity contribution in [2.75, 3.05) is 32.7 Å². The molecule has 1 aromatic heterocycles. The fraction of sp³-hybridized carbons (Fsp3) is 0.571. The quantitative estimate of drug-likeness (QED) is 0.743. The number of nitrogens with zero attached hydrogens (tertiary/aromatic N) is 4. The van der Waals surface area contributed by atoms with Gasteiger partial charge in [-0.1, -0.05) is 31.5 Å². The molecule has 0 unspecified atom stereocenters. The molecule has 7 heteroatoms. The zero-order chi connectivity index (χ0) is 20.5. The molecule has 0 amide bonds. The molecule has 154 valence electrons. The summed E-state index contributed by atoms with van der Waals surface area (Å²) in [6.45, 7) is 14.5. The molecule has 28 heavy (non-hydrogen) atoms. The molecular weight excluding hydrogens is 372 g/mol. The molecule has 0 aliphatic carbocycles. The summed E-state index contributed by atoms with van der Waals surface area (Å²) in [5, 5.41) is 0. The molecule has 0 N–H and O–H groups in total. The van der Waals surface area contributed by atoms with Gasteiger partial charge in [0.25, 0.3) is 0 Å². The lowest BCUT2D eigenvalue weighted by molar-refractivity contribution is 0.182. The van der Waals surface area contributed by atoms with E-state index in [4.69, 9.17) is 0 Å². The predicted molar refractivity (Wildman–Crippen MR) is 112 cm³/mol. The number of benzene rings is 1. The number of imidazole rings is 1. The van der Waals surface area contributed by atoms with Gasteiger partial charge >= 0.3 is 0 Å². The van der Waals surface area contributed by atoms with E-state index in [1.54, 1.807) is 4.31 Å². The Kier molecular flexibility index (Phi) is 6.27. The van der Waals surface area contributed by atoms with E-state index in [1.165, 1.54) is 0 Å². The van der Waals surface area contributed by atoms with Gasteiger partial charge in [-0.3, -0.25) is 4.90 Å². The first-order valence-corrected chi connectivity index (χ1v) is 11.5. The van der Waals surface area contributed by atoms with E-state index in [2.05, 4.69) is 28.3 Å². The third kappa shape index (κ3) is 4.31. The smallest absolute Gasteiger partial charge is 0.243 e. The molecule has 2 heterocycles. The first-order valence-electron chi connectivity index (χ1n) is 10.0. The summed E-state index contributed by atoms with van der Waals surface area (Å²) in [6, 6.07) is 3.90. The van der Waals surface area contributed by atoms with Crippen LogP contribution in [-0.4, -0.2) is 59.9 Å². The third-order valence-electron chi connectivity index (χ3n) is 5.46. The summed E-state index contributed by atoms with van der Waals surface area (Å²) in [4.78, 5) is 7.25. The average Bonchev–Trinajstić information content (AvgIpc) is 3.08. The van der Waals surface area contributed by atoms with Crippen molar-refractivity contribution in [3.05, 3.63) is 47.0 Å². The van der Waals surface area contributed by atoms with Gasteiger partial charge in [0, 0.05) is 57.6 Å². The van der Waals surface area contributed by atoms with Crippen LogP contribution in [0.25, 0.3) is 0 Å². The number of hydrogen-bond acceptors (Lipinski definition) is 4. The Hall–Kier alpha value is -1.70. The van der Waals surface area contributed by atoms with Crippen LogP contribution in [0.1, 0.15) is 42.3 Å². The van der Waals surface area contributed by atoms with E-state index in [0.717, 1.165) is 48.7 Å².